The van der Waals surface area contributed by atoms with E-state index in [0.29, 0.717) is 15.7 Å². The fourth-order valence-corrected chi connectivity index (χ4v) is 2.94. The Labute approximate surface area is 136 Å². The highest BCUT2D eigenvalue weighted by atomic mass is 35.5. The van der Waals surface area contributed by atoms with Gasteiger partial charge >= 0.3 is 6.18 Å². The van der Waals surface area contributed by atoms with E-state index in [1.807, 2.05) is 0 Å². The molecule has 0 bridgehead atoms. The highest BCUT2D eigenvalue weighted by Crippen LogP contribution is 2.29. The van der Waals surface area contributed by atoms with E-state index in [9.17, 15) is 18.0 Å². The number of pyridine rings is 1. The van der Waals surface area contributed by atoms with Crippen LogP contribution in [0.5, 0.6) is 0 Å². The summed E-state index contributed by atoms with van der Waals surface area (Å²) >= 11 is 7.07. The van der Waals surface area contributed by atoms with E-state index in [4.69, 9.17) is 11.6 Å². The van der Waals surface area contributed by atoms with Gasteiger partial charge < -0.3 is 5.32 Å². The van der Waals surface area contributed by atoms with Crippen LogP contribution in [0.4, 0.5) is 18.9 Å². The zero-order valence-corrected chi connectivity index (χ0v) is 12.8. The SMILES string of the molecule is O=C(Nc1ccc2nc(Cl)sc2c1)c1ccc(C(F)(F)F)nc1. The monoisotopic (exact) mass is 357 g/mol. The van der Waals surface area contributed by atoms with Crippen molar-refractivity contribution >= 4 is 44.7 Å². The number of thiazole rings is 1. The Morgan fingerprint density at radius 3 is 2.65 bits per heavy atom. The second kappa shape index (κ2) is 5.78. The summed E-state index contributed by atoms with van der Waals surface area (Å²) in [6.07, 6.45) is -3.65. The van der Waals surface area contributed by atoms with E-state index in [2.05, 4.69) is 15.3 Å². The largest absolute Gasteiger partial charge is 0.433 e. The van der Waals surface area contributed by atoms with E-state index in [0.717, 1.165) is 23.0 Å². The molecule has 0 radical (unpaired) electrons. The molecule has 118 valence electrons. The summed E-state index contributed by atoms with van der Waals surface area (Å²) < 4.78 is 38.5. The van der Waals surface area contributed by atoms with Gasteiger partial charge in [-0.2, -0.15) is 13.2 Å². The molecule has 3 rings (SSSR count). The lowest BCUT2D eigenvalue weighted by Crippen LogP contribution is -2.14. The van der Waals surface area contributed by atoms with Gasteiger partial charge in [0.1, 0.15) is 5.69 Å². The number of amides is 1. The molecule has 1 amide bonds. The second-order valence-corrected chi connectivity index (χ2v) is 6.15. The molecule has 23 heavy (non-hydrogen) atoms. The average Bonchev–Trinajstić information content (AvgIpc) is 2.86. The number of benzene rings is 1. The summed E-state index contributed by atoms with van der Waals surface area (Å²) in [5, 5.41) is 2.59. The number of halogens is 4. The molecule has 2 aromatic heterocycles. The number of carbonyl (C=O) groups excluding carboxylic acids is 1. The molecule has 3 aromatic rings. The minimum absolute atomic E-state index is 0.0282. The van der Waals surface area contributed by atoms with Crippen LogP contribution in [0, 0.1) is 0 Å². The van der Waals surface area contributed by atoms with Gasteiger partial charge in [0.2, 0.25) is 0 Å². The maximum absolute atomic E-state index is 12.4. The number of aromatic nitrogens is 2. The third-order valence-corrected chi connectivity index (χ3v) is 4.06. The molecular formula is C14H7ClF3N3OS. The number of fused-ring (bicyclic) bond motifs is 1. The third kappa shape index (κ3) is 3.43. The van der Waals surface area contributed by atoms with Gasteiger partial charge in [-0.15, -0.1) is 11.3 Å². The van der Waals surface area contributed by atoms with Crippen molar-refractivity contribution in [2.24, 2.45) is 0 Å². The average molecular weight is 358 g/mol. The number of anilines is 1. The van der Waals surface area contributed by atoms with Gasteiger partial charge in [0.25, 0.3) is 5.91 Å². The molecular weight excluding hydrogens is 351 g/mol. The maximum Gasteiger partial charge on any atom is 0.433 e. The summed E-state index contributed by atoms with van der Waals surface area (Å²) in [6.45, 7) is 0. The summed E-state index contributed by atoms with van der Waals surface area (Å²) in [5.41, 5.74) is 0.173. The molecule has 2 heterocycles. The third-order valence-electron chi connectivity index (χ3n) is 2.94. The number of alkyl halides is 3. The first-order valence-corrected chi connectivity index (χ1v) is 7.43. The fraction of sp³-hybridized carbons (Fsp3) is 0.0714. The number of hydrogen-bond donors (Lipinski definition) is 1. The Hall–Kier alpha value is -2.19. The van der Waals surface area contributed by atoms with E-state index in [-0.39, 0.29) is 5.56 Å². The lowest BCUT2D eigenvalue weighted by molar-refractivity contribution is -0.141. The molecule has 0 saturated heterocycles. The summed E-state index contributed by atoms with van der Waals surface area (Å²) in [5.74, 6) is -0.554. The van der Waals surface area contributed by atoms with E-state index < -0.39 is 17.8 Å². The van der Waals surface area contributed by atoms with Gasteiger partial charge in [-0.3, -0.25) is 9.78 Å². The Morgan fingerprint density at radius 2 is 2.00 bits per heavy atom. The fourth-order valence-electron chi connectivity index (χ4n) is 1.87. The zero-order chi connectivity index (χ0) is 16.6. The number of carbonyl (C=O) groups is 1. The first-order chi connectivity index (χ1) is 10.8. The van der Waals surface area contributed by atoms with Crippen LogP contribution >= 0.6 is 22.9 Å². The molecule has 0 unspecified atom stereocenters. The predicted octanol–water partition coefficient (Wildman–Crippen LogP) is 4.62. The number of nitrogens with one attached hydrogen (secondary N) is 1. The molecule has 0 aliphatic rings. The van der Waals surface area contributed by atoms with Crippen molar-refractivity contribution < 1.29 is 18.0 Å². The smallest absolute Gasteiger partial charge is 0.322 e. The lowest BCUT2D eigenvalue weighted by atomic mass is 10.2. The van der Waals surface area contributed by atoms with Gasteiger partial charge in [-0.25, -0.2) is 4.98 Å². The lowest BCUT2D eigenvalue weighted by Gasteiger charge is -2.07. The quantitative estimate of drug-likeness (QED) is 0.728. The Balaban J connectivity index is 1.79. The van der Waals surface area contributed by atoms with Crippen molar-refractivity contribution in [2.75, 3.05) is 5.32 Å². The summed E-state index contributed by atoms with van der Waals surface area (Å²) in [7, 11) is 0. The maximum atomic E-state index is 12.4. The number of nitrogens with zero attached hydrogens (tertiary/aromatic N) is 2. The van der Waals surface area contributed by atoms with Crippen LogP contribution in [-0.2, 0) is 6.18 Å². The van der Waals surface area contributed by atoms with E-state index in [1.165, 1.54) is 11.3 Å². The minimum Gasteiger partial charge on any atom is -0.322 e. The van der Waals surface area contributed by atoms with Gasteiger partial charge in [0, 0.05) is 11.9 Å². The molecule has 0 spiro atoms. The van der Waals surface area contributed by atoms with Crippen molar-refractivity contribution in [3.05, 3.63) is 52.3 Å². The normalized spacial score (nSPS) is 11.7. The molecule has 0 aliphatic heterocycles. The van der Waals surface area contributed by atoms with Crippen molar-refractivity contribution in [3.8, 4) is 0 Å². The van der Waals surface area contributed by atoms with Crippen molar-refractivity contribution in [1.29, 1.82) is 0 Å². The van der Waals surface area contributed by atoms with E-state index in [1.54, 1.807) is 18.2 Å². The highest BCUT2D eigenvalue weighted by Gasteiger charge is 2.32. The zero-order valence-electron chi connectivity index (χ0n) is 11.2. The van der Waals surface area contributed by atoms with Crippen LogP contribution in [0.25, 0.3) is 10.2 Å². The Bertz CT molecular complexity index is 877. The van der Waals surface area contributed by atoms with Crippen LogP contribution in [0.3, 0.4) is 0 Å². The van der Waals surface area contributed by atoms with Gasteiger partial charge in [-0.05, 0) is 30.3 Å². The topological polar surface area (TPSA) is 54.9 Å². The number of rotatable bonds is 2. The Kier molecular flexibility index (Phi) is 3.95. The molecule has 0 atom stereocenters. The highest BCUT2D eigenvalue weighted by molar-refractivity contribution is 7.22. The van der Waals surface area contributed by atoms with Crippen LogP contribution in [0.15, 0.2) is 36.5 Å². The Morgan fingerprint density at radius 1 is 1.22 bits per heavy atom. The van der Waals surface area contributed by atoms with Crippen molar-refractivity contribution in [2.45, 2.75) is 6.18 Å². The van der Waals surface area contributed by atoms with E-state index >= 15 is 0 Å². The minimum atomic E-state index is -4.54. The molecule has 4 nitrogen and oxygen atoms in total. The number of hydrogen-bond acceptors (Lipinski definition) is 4. The molecule has 0 saturated carbocycles. The van der Waals surface area contributed by atoms with Crippen molar-refractivity contribution in [3.63, 3.8) is 0 Å². The van der Waals surface area contributed by atoms with Crippen LogP contribution in [0.2, 0.25) is 4.47 Å². The summed E-state index contributed by atoms with van der Waals surface area (Å²) in [6, 6.07) is 6.86. The molecule has 9 heteroatoms. The first kappa shape index (κ1) is 15.7. The van der Waals surface area contributed by atoms with Crippen LogP contribution in [-0.4, -0.2) is 15.9 Å². The summed E-state index contributed by atoms with van der Waals surface area (Å²) in [4.78, 5) is 19.4. The standard InChI is InChI=1S/C14H7ClF3N3OS/c15-13-21-9-3-2-8(5-10(9)23-13)20-12(22)7-1-4-11(19-6-7)14(16,17)18/h1-6H,(H,20,22). The van der Waals surface area contributed by atoms with Crippen LogP contribution < -0.4 is 5.32 Å². The van der Waals surface area contributed by atoms with Gasteiger partial charge in [0.15, 0.2) is 4.47 Å². The molecule has 0 fully saturated rings. The first-order valence-electron chi connectivity index (χ1n) is 6.23. The van der Waals surface area contributed by atoms with Gasteiger partial charge in [-0.1, -0.05) is 11.6 Å². The van der Waals surface area contributed by atoms with Crippen molar-refractivity contribution in [1.82, 2.24) is 9.97 Å². The van der Waals surface area contributed by atoms with Gasteiger partial charge in [0.05, 0.1) is 15.8 Å². The molecule has 1 N–H and O–H groups in total. The van der Waals surface area contributed by atoms with Crippen LogP contribution in [0.1, 0.15) is 16.1 Å². The molecule has 0 aliphatic carbocycles. The molecule has 1 aromatic carbocycles. The second-order valence-electron chi connectivity index (χ2n) is 4.53. The predicted molar refractivity (Wildman–Crippen MR) is 81.8 cm³/mol.